The van der Waals surface area contributed by atoms with Gasteiger partial charge in [0.25, 0.3) is 0 Å². The molecule has 1 aliphatic rings. The number of amides is 1. The Bertz CT molecular complexity index is 1030. The van der Waals surface area contributed by atoms with E-state index in [9.17, 15) is 4.79 Å². The van der Waals surface area contributed by atoms with E-state index in [1.165, 1.54) is 5.56 Å². The molecule has 1 aromatic heterocycles. The zero-order valence-corrected chi connectivity index (χ0v) is 18.4. The number of fused-ring (bicyclic) bond motifs is 1. The maximum absolute atomic E-state index is 13.6. The van der Waals surface area contributed by atoms with Crippen molar-refractivity contribution in [3.8, 4) is 5.75 Å². The van der Waals surface area contributed by atoms with Crippen LogP contribution in [-0.2, 0) is 24.3 Å². The molecule has 1 atom stereocenters. The zero-order chi connectivity index (χ0) is 21.8. The standard InChI is InChI=1S/C25H30N4O2/c1-18(2)29-17-27-21-13-14-28(16-19-9-5-4-6-10-19)24(23(21)29)25(30)26-15-20-11-7-8-12-22(20)31-3/h4-12,17-18,24H,13-16H2,1-3H3,(H,26,30). The first-order valence-electron chi connectivity index (χ1n) is 10.8. The number of imidazole rings is 1. The third-order valence-electron chi connectivity index (χ3n) is 5.85. The number of rotatable bonds is 7. The van der Waals surface area contributed by atoms with Gasteiger partial charge in [0.1, 0.15) is 11.8 Å². The minimum atomic E-state index is -0.386. The van der Waals surface area contributed by atoms with Crippen LogP contribution in [0.5, 0.6) is 5.75 Å². The summed E-state index contributed by atoms with van der Waals surface area (Å²) < 4.78 is 7.58. The van der Waals surface area contributed by atoms with E-state index >= 15 is 0 Å². The lowest BCUT2D eigenvalue weighted by Crippen LogP contribution is -2.45. The molecule has 0 spiro atoms. The maximum Gasteiger partial charge on any atom is 0.243 e. The summed E-state index contributed by atoms with van der Waals surface area (Å²) in [6.45, 7) is 6.19. The molecule has 0 radical (unpaired) electrons. The molecule has 4 rings (SSSR count). The second-order valence-corrected chi connectivity index (χ2v) is 8.22. The molecule has 0 aliphatic carbocycles. The van der Waals surface area contributed by atoms with Crippen molar-refractivity contribution in [1.82, 2.24) is 19.8 Å². The first-order valence-corrected chi connectivity index (χ1v) is 10.8. The number of methoxy groups -OCH3 is 1. The van der Waals surface area contributed by atoms with E-state index in [2.05, 4.69) is 45.7 Å². The van der Waals surface area contributed by atoms with Gasteiger partial charge in [-0.1, -0.05) is 48.5 Å². The average Bonchev–Trinajstić information content (AvgIpc) is 3.22. The predicted molar refractivity (Wildman–Crippen MR) is 121 cm³/mol. The van der Waals surface area contributed by atoms with Crippen LogP contribution >= 0.6 is 0 Å². The van der Waals surface area contributed by atoms with Gasteiger partial charge in [-0.25, -0.2) is 4.98 Å². The first kappa shape index (κ1) is 21.1. The molecule has 1 aliphatic heterocycles. The molecule has 1 unspecified atom stereocenters. The fourth-order valence-corrected chi connectivity index (χ4v) is 4.27. The number of hydrogen-bond acceptors (Lipinski definition) is 4. The Morgan fingerprint density at radius 3 is 2.65 bits per heavy atom. The summed E-state index contributed by atoms with van der Waals surface area (Å²) in [5.41, 5.74) is 4.19. The van der Waals surface area contributed by atoms with E-state index in [-0.39, 0.29) is 18.0 Å². The molecule has 2 aromatic carbocycles. The molecule has 1 N–H and O–H groups in total. The zero-order valence-electron chi connectivity index (χ0n) is 18.4. The summed E-state index contributed by atoms with van der Waals surface area (Å²) >= 11 is 0. The van der Waals surface area contributed by atoms with Crippen LogP contribution in [0.3, 0.4) is 0 Å². The molecule has 6 nitrogen and oxygen atoms in total. The van der Waals surface area contributed by atoms with E-state index in [4.69, 9.17) is 4.74 Å². The van der Waals surface area contributed by atoms with Gasteiger partial charge in [-0.2, -0.15) is 0 Å². The van der Waals surface area contributed by atoms with Crippen LogP contribution in [0.4, 0.5) is 0 Å². The number of aromatic nitrogens is 2. The number of para-hydroxylation sites is 1. The summed E-state index contributed by atoms with van der Waals surface area (Å²) in [5, 5.41) is 3.15. The van der Waals surface area contributed by atoms with Crippen molar-refractivity contribution >= 4 is 5.91 Å². The van der Waals surface area contributed by atoms with E-state index in [1.807, 2.05) is 48.8 Å². The monoisotopic (exact) mass is 418 g/mol. The molecule has 0 saturated heterocycles. The van der Waals surface area contributed by atoms with Crippen molar-refractivity contribution in [2.75, 3.05) is 13.7 Å². The van der Waals surface area contributed by atoms with Crippen molar-refractivity contribution in [1.29, 1.82) is 0 Å². The van der Waals surface area contributed by atoms with Crippen LogP contribution in [0.25, 0.3) is 0 Å². The van der Waals surface area contributed by atoms with Gasteiger partial charge in [0.2, 0.25) is 5.91 Å². The number of nitrogens with one attached hydrogen (secondary N) is 1. The van der Waals surface area contributed by atoms with E-state index in [0.29, 0.717) is 6.54 Å². The van der Waals surface area contributed by atoms with E-state index in [0.717, 1.165) is 42.2 Å². The van der Waals surface area contributed by atoms with Crippen LogP contribution in [0.1, 0.15) is 48.4 Å². The van der Waals surface area contributed by atoms with Crippen molar-refractivity contribution in [3.63, 3.8) is 0 Å². The molecule has 162 valence electrons. The van der Waals surface area contributed by atoms with Gasteiger partial charge in [0.05, 0.1) is 24.8 Å². The van der Waals surface area contributed by atoms with Crippen molar-refractivity contribution in [2.45, 2.75) is 45.4 Å². The highest BCUT2D eigenvalue weighted by molar-refractivity contribution is 5.83. The van der Waals surface area contributed by atoms with Gasteiger partial charge in [0, 0.05) is 37.7 Å². The highest BCUT2D eigenvalue weighted by Crippen LogP contribution is 2.33. The van der Waals surface area contributed by atoms with Crippen LogP contribution in [0.15, 0.2) is 60.9 Å². The topological polar surface area (TPSA) is 59.4 Å². The maximum atomic E-state index is 13.6. The first-order chi connectivity index (χ1) is 15.1. The third-order valence-corrected chi connectivity index (χ3v) is 5.85. The Hall–Kier alpha value is -3.12. The largest absolute Gasteiger partial charge is 0.496 e. The van der Waals surface area contributed by atoms with Crippen LogP contribution < -0.4 is 10.1 Å². The van der Waals surface area contributed by atoms with E-state index < -0.39 is 0 Å². The minimum Gasteiger partial charge on any atom is -0.496 e. The number of hydrogen-bond donors (Lipinski definition) is 1. The molecule has 3 aromatic rings. The summed E-state index contributed by atoms with van der Waals surface area (Å²) in [6, 6.07) is 17.9. The Balaban J connectivity index is 1.62. The summed E-state index contributed by atoms with van der Waals surface area (Å²) in [5.74, 6) is 0.769. The van der Waals surface area contributed by atoms with E-state index in [1.54, 1.807) is 7.11 Å². The van der Waals surface area contributed by atoms with Crippen molar-refractivity contribution < 1.29 is 9.53 Å². The fourth-order valence-electron chi connectivity index (χ4n) is 4.27. The normalized spacial score (nSPS) is 16.2. The lowest BCUT2D eigenvalue weighted by Gasteiger charge is -2.36. The lowest BCUT2D eigenvalue weighted by atomic mass is 9.99. The molecule has 0 bridgehead atoms. The molecular formula is C25H30N4O2. The summed E-state index contributed by atoms with van der Waals surface area (Å²) in [6.07, 6.45) is 2.72. The summed E-state index contributed by atoms with van der Waals surface area (Å²) in [4.78, 5) is 20.5. The van der Waals surface area contributed by atoms with Gasteiger partial charge < -0.3 is 14.6 Å². The van der Waals surface area contributed by atoms with Gasteiger partial charge in [-0.3, -0.25) is 9.69 Å². The highest BCUT2D eigenvalue weighted by Gasteiger charge is 2.37. The SMILES string of the molecule is COc1ccccc1CNC(=O)C1c2c(ncn2C(C)C)CCN1Cc1ccccc1. The molecule has 31 heavy (non-hydrogen) atoms. The third kappa shape index (κ3) is 4.49. The molecule has 0 saturated carbocycles. The Labute approximate surface area is 183 Å². The Morgan fingerprint density at radius 2 is 1.90 bits per heavy atom. The van der Waals surface area contributed by atoms with Crippen LogP contribution in [-0.4, -0.2) is 34.0 Å². The van der Waals surface area contributed by atoms with Gasteiger partial charge in [-0.15, -0.1) is 0 Å². The smallest absolute Gasteiger partial charge is 0.243 e. The quantitative estimate of drug-likeness (QED) is 0.632. The molecular weight excluding hydrogens is 388 g/mol. The molecule has 1 amide bonds. The highest BCUT2D eigenvalue weighted by atomic mass is 16.5. The second-order valence-electron chi connectivity index (χ2n) is 8.22. The minimum absolute atomic E-state index is 0.00909. The van der Waals surface area contributed by atoms with Crippen molar-refractivity contribution in [3.05, 3.63) is 83.4 Å². The number of ether oxygens (including phenoxy) is 1. The molecule has 2 heterocycles. The number of nitrogens with zero attached hydrogens (tertiary/aromatic N) is 3. The summed E-state index contributed by atoms with van der Waals surface area (Å²) in [7, 11) is 1.65. The Kier molecular flexibility index (Phi) is 6.37. The average molecular weight is 419 g/mol. The van der Waals surface area contributed by atoms with Crippen molar-refractivity contribution in [2.24, 2.45) is 0 Å². The predicted octanol–water partition coefficient (Wildman–Crippen LogP) is 3.89. The Morgan fingerprint density at radius 1 is 1.16 bits per heavy atom. The van der Waals surface area contributed by atoms with Gasteiger partial charge in [-0.05, 0) is 25.5 Å². The lowest BCUT2D eigenvalue weighted by molar-refractivity contribution is -0.127. The van der Waals surface area contributed by atoms with Crippen LogP contribution in [0, 0.1) is 0 Å². The second kappa shape index (κ2) is 9.35. The number of carbonyl (C=O) groups excluding carboxylic acids is 1. The number of benzene rings is 2. The number of carbonyl (C=O) groups is 1. The molecule has 6 heteroatoms. The fraction of sp³-hybridized carbons (Fsp3) is 0.360. The molecule has 0 fully saturated rings. The van der Waals surface area contributed by atoms with Gasteiger partial charge >= 0.3 is 0 Å². The van der Waals surface area contributed by atoms with Crippen LogP contribution in [0.2, 0.25) is 0 Å². The van der Waals surface area contributed by atoms with Gasteiger partial charge in [0.15, 0.2) is 0 Å².